The summed E-state index contributed by atoms with van der Waals surface area (Å²) in [4.78, 5) is 8.45. The molecule has 116 valence electrons. The van der Waals surface area contributed by atoms with Crippen molar-refractivity contribution in [2.75, 3.05) is 0 Å². The summed E-state index contributed by atoms with van der Waals surface area (Å²) >= 11 is 1.39. The molecule has 22 heavy (non-hydrogen) atoms. The largest absolute Gasteiger partial charge is 0.338 e. The number of nitrogens with zero attached hydrogens (tertiary/aromatic N) is 3. The summed E-state index contributed by atoms with van der Waals surface area (Å²) < 4.78 is 30.5. The molecular weight excluding hydrogens is 322 g/mol. The minimum Gasteiger partial charge on any atom is -0.338 e. The number of hydrogen-bond donors (Lipinski definition) is 0. The molecule has 3 rings (SSSR count). The first-order valence-electron chi connectivity index (χ1n) is 6.80. The monoisotopic (exact) mass is 337 g/mol. The van der Waals surface area contributed by atoms with Gasteiger partial charge in [-0.25, -0.2) is 13.4 Å². The maximum absolute atomic E-state index is 12.3. The Morgan fingerprint density at radius 3 is 2.64 bits per heavy atom. The fraction of sp³-hybridized carbons (Fsp3) is 0.357. The normalized spacial score (nSPS) is 12.3. The first kappa shape index (κ1) is 15.1. The van der Waals surface area contributed by atoms with Crippen LogP contribution in [-0.2, 0) is 21.3 Å². The topological polar surface area (TPSA) is 86.0 Å². The highest BCUT2D eigenvalue weighted by molar-refractivity contribution is 7.89. The molecule has 0 bridgehead atoms. The molecule has 0 aliphatic heterocycles. The molecule has 0 amide bonds. The molecule has 0 N–H and O–H groups in total. The molecule has 0 saturated carbocycles. The first-order chi connectivity index (χ1) is 10.4. The van der Waals surface area contributed by atoms with Gasteiger partial charge in [-0.15, -0.1) is 11.3 Å². The zero-order chi connectivity index (χ0) is 15.7. The number of thiazole rings is 1. The number of fused-ring (bicyclic) bond motifs is 1. The van der Waals surface area contributed by atoms with Crippen LogP contribution in [0.1, 0.15) is 36.5 Å². The van der Waals surface area contributed by atoms with Gasteiger partial charge >= 0.3 is 0 Å². The van der Waals surface area contributed by atoms with Gasteiger partial charge in [0.05, 0.1) is 10.2 Å². The van der Waals surface area contributed by atoms with E-state index in [1.54, 1.807) is 0 Å². The molecule has 0 unspecified atom stereocenters. The molecule has 2 heterocycles. The van der Waals surface area contributed by atoms with Gasteiger partial charge in [0.1, 0.15) is 16.5 Å². The second-order valence-electron chi connectivity index (χ2n) is 5.31. The molecule has 0 aliphatic rings. The van der Waals surface area contributed by atoms with Gasteiger partial charge in [0, 0.05) is 5.92 Å². The van der Waals surface area contributed by atoms with Crippen LogP contribution in [0.15, 0.2) is 28.8 Å². The number of aromatic nitrogens is 3. The zero-order valence-corrected chi connectivity index (χ0v) is 13.8. The van der Waals surface area contributed by atoms with Crippen LogP contribution in [-0.4, -0.2) is 23.5 Å². The average Bonchev–Trinajstić information content (AvgIpc) is 3.03. The average molecular weight is 337 g/mol. The van der Waals surface area contributed by atoms with Gasteiger partial charge in [0.25, 0.3) is 0 Å². The van der Waals surface area contributed by atoms with Crippen LogP contribution < -0.4 is 0 Å². The molecule has 0 saturated heterocycles. The van der Waals surface area contributed by atoms with Crippen molar-refractivity contribution in [2.24, 2.45) is 0 Å². The Morgan fingerprint density at radius 1 is 1.18 bits per heavy atom. The molecule has 0 fully saturated rings. The minimum absolute atomic E-state index is 0.101. The molecule has 0 aliphatic carbocycles. The summed E-state index contributed by atoms with van der Waals surface area (Å²) in [5, 5.41) is 4.35. The zero-order valence-electron chi connectivity index (χ0n) is 12.2. The Hall–Kier alpha value is -1.80. The lowest BCUT2D eigenvalue weighted by Crippen LogP contribution is -2.08. The van der Waals surface area contributed by atoms with E-state index in [1.165, 1.54) is 11.3 Å². The van der Waals surface area contributed by atoms with E-state index in [-0.39, 0.29) is 23.3 Å². The van der Waals surface area contributed by atoms with Gasteiger partial charge < -0.3 is 4.52 Å². The van der Waals surface area contributed by atoms with Crippen LogP contribution in [0.4, 0.5) is 0 Å². The van der Waals surface area contributed by atoms with Gasteiger partial charge in [-0.2, -0.15) is 4.98 Å². The van der Waals surface area contributed by atoms with Crippen molar-refractivity contribution in [1.82, 2.24) is 15.1 Å². The van der Waals surface area contributed by atoms with Crippen LogP contribution in [0.3, 0.4) is 0 Å². The smallest absolute Gasteiger partial charge is 0.241 e. The van der Waals surface area contributed by atoms with E-state index in [1.807, 2.05) is 38.1 Å². The lowest BCUT2D eigenvalue weighted by atomic mass is 10.2. The van der Waals surface area contributed by atoms with Crippen molar-refractivity contribution in [3.63, 3.8) is 0 Å². The second kappa shape index (κ2) is 5.77. The summed E-state index contributed by atoms with van der Waals surface area (Å²) in [6.07, 6.45) is 0. The maximum Gasteiger partial charge on any atom is 0.241 e. The highest BCUT2D eigenvalue weighted by atomic mass is 32.2. The van der Waals surface area contributed by atoms with E-state index < -0.39 is 9.84 Å². The lowest BCUT2D eigenvalue weighted by Gasteiger charge is -1.97. The van der Waals surface area contributed by atoms with E-state index >= 15 is 0 Å². The van der Waals surface area contributed by atoms with Crippen LogP contribution in [0, 0.1) is 0 Å². The Balaban J connectivity index is 1.77. The molecular formula is C14H15N3O3S2. The maximum atomic E-state index is 12.3. The molecule has 6 nitrogen and oxygen atoms in total. The summed E-state index contributed by atoms with van der Waals surface area (Å²) in [7, 11) is -3.40. The highest BCUT2D eigenvalue weighted by Gasteiger charge is 2.20. The third-order valence-corrected chi connectivity index (χ3v) is 5.64. The third kappa shape index (κ3) is 3.33. The third-order valence-electron chi connectivity index (χ3n) is 3.03. The van der Waals surface area contributed by atoms with Crippen molar-refractivity contribution < 1.29 is 12.9 Å². The molecule has 2 aromatic heterocycles. The second-order valence-corrected chi connectivity index (χ2v) is 8.49. The van der Waals surface area contributed by atoms with E-state index in [0.29, 0.717) is 10.8 Å². The predicted octanol–water partition coefficient (Wildman–Crippen LogP) is 2.92. The number of benzene rings is 1. The van der Waals surface area contributed by atoms with Crippen molar-refractivity contribution in [3.05, 3.63) is 41.0 Å². The van der Waals surface area contributed by atoms with Crippen LogP contribution in [0.5, 0.6) is 0 Å². The van der Waals surface area contributed by atoms with E-state index in [2.05, 4.69) is 15.1 Å². The summed E-state index contributed by atoms with van der Waals surface area (Å²) in [6, 6.07) is 7.59. The summed E-state index contributed by atoms with van der Waals surface area (Å²) in [5.41, 5.74) is 0.817. The Bertz CT molecular complexity index is 864. The molecule has 0 atom stereocenters. The minimum atomic E-state index is -3.40. The Kier molecular flexibility index (Phi) is 3.96. The molecule has 0 radical (unpaired) electrons. The quantitative estimate of drug-likeness (QED) is 0.711. The first-order valence-corrected chi connectivity index (χ1v) is 9.44. The van der Waals surface area contributed by atoms with Gasteiger partial charge in [0.2, 0.25) is 5.89 Å². The number of rotatable bonds is 5. The Labute approximate surface area is 132 Å². The fourth-order valence-electron chi connectivity index (χ4n) is 1.97. The van der Waals surface area contributed by atoms with E-state index in [0.717, 1.165) is 10.2 Å². The van der Waals surface area contributed by atoms with Crippen molar-refractivity contribution in [1.29, 1.82) is 0 Å². The number of hydrogen-bond acceptors (Lipinski definition) is 7. The lowest BCUT2D eigenvalue weighted by molar-refractivity contribution is 0.380. The number of sulfone groups is 1. The molecule has 1 aromatic carbocycles. The van der Waals surface area contributed by atoms with Gasteiger partial charge in [-0.3, -0.25) is 0 Å². The van der Waals surface area contributed by atoms with Crippen molar-refractivity contribution in [2.45, 2.75) is 31.3 Å². The predicted molar refractivity (Wildman–Crippen MR) is 84.3 cm³/mol. The fourth-order valence-corrected chi connectivity index (χ4v) is 4.54. The summed E-state index contributed by atoms with van der Waals surface area (Å²) in [5.74, 6) is 0.369. The summed E-state index contributed by atoms with van der Waals surface area (Å²) in [6.45, 7) is 3.84. The molecule has 3 aromatic rings. The van der Waals surface area contributed by atoms with Crippen LogP contribution in [0.2, 0.25) is 0 Å². The van der Waals surface area contributed by atoms with E-state index in [9.17, 15) is 8.42 Å². The molecule has 8 heteroatoms. The molecule has 0 spiro atoms. The van der Waals surface area contributed by atoms with E-state index in [4.69, 9.17) is 4.52 Å². The highest BCUT2D eigenvalue weighted by Crippen LogP contribution is 2.24. The van der Waals surface area contributed by atoms with Gasteiger partial charge in [-0.1, -0.05) is 31.1 Å². The standard InChI is InChI=1S/C14H15N3O3S2/c1-9(2)14-16-12(20-17-14)7-22(18,19)8-13-15-10-5-3-4-6-11(10)21-13/h3-6,9H,7-8H2,1-2H3. The van der Waals surface area contributed by atoms with Crippen molar-refractivity contribution >= 4 is 31.4 Å². The van der Waals surface area contributed by atoms with Crippen molar-refractivity contribution in [3.8, 4) is 0 Å². The van der Waals surface area contributed by atoms with Gasteiger partial charge in [-0.05, 0) is 12.1 Å². The SMILES string of the molecule is CC(C)c1noc(CS(=O)(=O)Cc2nc3ccccc3s2)n1. The van der Waals surface area contributed by atoms with Gasteiger partial charge in [0.15, 0.2) is 15.7 Å². The number of para-hydroxylation sites is 1. The Morgan fingerprint density at radius 2 is 1.95 bits per heavy atom. The van der Waals surface area contributed by atoms with Crippen LogP contribution in [0.25, 0.3) is 10.2 Å². The van der Waals surface area contributed by atoms with Crippen LogP contribution >= 0.6 is 11.3 Å².